The van der Waals surface area contributed by atoms with Gasteiger partial charge in [0.25, 0.3) is 0 Å². The van der Waals surface area contributed by atoms with Gasteiger partial charge in [-0.3, -0.25) is 4.52 Å². The van der Waals surface area contributed by atoms with Crippen LogP contribution in [0.2, 0.25) is 0 Å². The van der Waals surface area contributed by atoms with Crippen LogP contribution < -0.4 is 0 Å². The van der Waals surface area contributed by atoms with Gasteiger partial charge in [-0.25, -0.2) is 4.57 Å². The highest BCUT2D eigenvalue weighted by molar-refractivity contribution is 7.46. The van der Waals surface area contributed by atoms with E-state index in [0.29, 0.717) is 19.4 Å². The SMILES string of the molecule is O=P(O)(O)OC(CCC1CO1)CC1CO1. The smallest absolute Gasteiger partial charge is 0.373 e. The minimum Gasteiger partial charge on any atom is -0.373 e. The summed E-state index contributed by atoms with van der Waals surface area (Å²) in [5.41, 5.74) is 0. The Hall–Kier alpha value is 0.0300. The Morgan fingerprint density at radius 2 is 1.93 bits per heavy atom. The molecule has 0 aliphatic carbocycles. The van der Waals surface area contributed by atoms with E-state index in [1.54, 1.807) is 0 Å². The lowest BCUT2D eigenvalue weighted by Gasteiger charge is -2.16. The van der Waals surface area contributed by atoms with Crippen molar-refractivity contribution in [3.05, 3.63) is 0 Å². The standard InChI is InChI=1S/C8H15O6P/c9-15(10,11)14-6(3-8-5-13-8)1-2-7-4-12-7/h6-8H,1-5H2,(H2,9,10,11). The Morgan fingerprint density at radius 3 is 2.40 bits per heavy atom. The van der Waals surface area contributed by atoms with Crippen LogP contribution in [0.25, 0.3) is 0 Å². The number of ether oxygens (including phenoxy) is 2. The number of hydrogen-bond acceptors (Lipinski definition) is 4. The summed E-state index contributed by atoms with van der Waals surface area (Å²) in [5.74, 6) is 0. The highest BCUT2D eigenvalue weighted by Gasteiger charge is 2.32. The fraction of sp³-hybridized carbons (Fsp3) is 1.00. The van der Waals surface area contributed by atoms with Gasteiger partial charge in [-0.05, 0) is 12.8 Å². The van der Waals surface area contributed by atoms with Crippen molar-refractivity contribution in [3.63, 3.8) is 0 Å². The molecule has 7 heteroatoms. The van der Waals surface area contributed by atoms with E-state index in [4.69, 9.17) is 23.8 Å². The minimum absolute atomic E-state index is 0.113. The third-order valence-corrected chi connectivity index (χ3v) is 3.00. The molecule has 2 aliphatic rings. The lowest BCUT2D eigenvalue weighted by Crippen LogP contribution is -2.15. The summed E-state index contributed by atoms with van der Waals surface area (Å²) in [6.07, 6.45) is 1.89. The molecule has 3 unspecified atom stereocenters. The average molecular weight is 238 g/mol. The molecule has 0 aromatic heterocycles. The predicted molar refractivity (Wildman–Crippen MR) is 50.2 cm³/mol. The number of phosphoric ester groups is 1. The van der Waals surface area contributed by atoms with E-state index in [1.807, 2.05) is 0 Å². The van der Waals surface area contributed by atoms with E-state index in [-0.39, 0.29) is 12.2 Å². The van der Waals surface area contributed by atoms with Crippen molar-refractivity contribution in [1.29, 1.82) is 0 Å². The van der Waals surface area contributed by atoms with Crippen molar-refractivity contribution in [2.45, 2.75) is 37.6 Å². The van der Waals surface area contributed by atoms with Crippen molar-refractivity contribution < 1.29 is 28.3 Å². The lowest BCUT2D eigenvalue weighted by molar-refractivity contribution is 0.109. The summed E-state index contributed by atoms with van der Waals surface area (Å²) in [6.45, 7) is 1.42. The predicted octanol–water partition coefficient (Wildman–Crippen LogP) is 0.432. The highest BCUT2D eigenvalue weighted by Crippen LogP contribution is 2.40. The molecule has 0 aromatic rings. The maximum absolute atomic E-state index is 10.7. The Labute approximate surface area is 87.8 Å². The van der Waals surface area contributed by atoms with E-state index in [9.17, 15) is 4.57 Å². The van der Waals surface area contributed by atoms with Crippen LogP contribution in [0.5, 0.6) is 0 Å². The first-order valence-corrected chi connectivity index (χ1v) is 6.53. The third kappa shape index (κ3) is 5.06. The quantitative estimate of drug-likeness (QED) is 0.493. The molecule has 15 heavy (non-hydrogen) atoms. The van der Waals surface area contributed by atoms with Gasteiger partial charge >= 0.3 is 7.82 Å². The first-order valence-electron chi connectivity index (χ1n) is 5.00. The van der Waals surface area contributed by atoms with E-state index in [2.05, 4.69) is 0 Å². The zero-order valence-electron chi connectivity index (χ0n) is 8.24. The first kappa shape index (κ1) is 11.5. The van der Waals surface area contributed by atoms with Crippen LogP contribution in [0.15, 0.2) is 0 Å². The maximum Gasteiger partial charge on any atom is 0.469 e. The Morgan fingerprint density at radius 1 is 1.33 bits per heavy atom. The van der Waals surface area contributed by atoms with Gasteiger partial charge in [0.15, 0.2) is 0 Å². The molecule has 0 spiro atoms. The molecule has 0 saturated carbocycles. The van der Waals surface area contributed by atoms with Crippen molar-refractivity contribution >= 4 is 7.82 Å². The molecule has 2 rings (SSSR count). The highest BCUT2D eigenvalue weighted by atomic mass is 31.2. The summed E-state index contributed by atoms with van der Waals surface area (Å²) in [4.78, 5) is 17.4. The fourth-order valence-corrected chi connectivity index (χ4v) is 2.09. The lowest BCUT2D eigenvalue weighted by atomic mass is 10.1. The second kappa shape index (κ2) is 4.49. The van der Waals surface area contributed by atoms with Crippen molar-refractivity contribution in [2.75, 3.05) is 13.2 Å². The molecule has 2 heterocycles. The van der Waals surface area contributed by atoms with Gasteiger partial charge in [0, 0.05) is 6.42 Å². The first-order chi connectivity index (χ1) is 7.03. The van der Waals surface area contributed by atoms with Crippen molar-refractivity contribution in [1.82, 2.24) is 0 Å². The molecule has 0 amide bonds. The molecule has 88 valence electrons. The van der Waals surface area contributed by atoms with Gasteiger partial charge in [0.1, 0.15) is 0 Å². The zero-order chi connectivity index (χ0) is 10.9. The molecule has 3 atom stereocenters. The van der Waals surface area contributed by atoms with Crippen molar-refractivity contribution in [2.24, 2.45) is 0 Å². The summed E-state index contributed by atoms with van der Waals surface area (Å²) >= 11 is 0. The van der Waals surface area contributed by atoms with Crippen LogP contribution in [0.1, 0.15) is 19.3 Å². The van der Waals surface area contributed by atoms with E-state index in [1.165, 1.54) is 0 Å². The topological polar surface area (TPSA) is 91.8 Å². The summed E-state index contributed by atoms with van der Waals surface area (Å²) in [7, 11) is -4.39. The van der Waals surface area contributed by atoms with Crippen LogP contribution >= 0.6 is 7.82 Å². The second-order valence-electron chi connectivity index (χ2n) is 3.94. The summed E-state index contributed by atoms with van der Waals surface area (Å²) < 4.78 is 25.4. The molecule has 0 aromatic carbocycles. The van der Waals surface area contributed by atoms with Crippen LogP contribution in [0.3, 0.4) is 0 Å². The van der Waals surface area contributed by atoms with Crippen molar-refractivity contribution in [3.8, 4) is 0 Å². The third-order valence-electron chi connectivity index (χ3n) is 2.43. The van der Waals surface area contributed by atoms with Crippen LogP contribution in [0, 0.1) is 0 Å². The Kier molecular flexibility index (Phi) is 3.45. The van der Waals surface area contributed by atoms with Gasteiger partial charge in [0.05, 0.1) is 31.5 Å². The number of rotatable bonds is 7. The second-order valence-corrected chi connectivity index (χ2v) is 5.13. The Balaban J connectivity index is 1.74. The van der Waals surface area contributed by atoms with Crippen LogP contribution in [-0.4, -0.2) is 41.3 Å². The fourth-order valence-electron chi connectivity index (χ4n) is 1.51. The maximum atomic E-state index is 10.7. The number of phosphoric acid groups is 1. The molecular weight excluding hydrogens is 223 g/mol. The molecule has 0 bridgehead atoms. The van der Waals surface area contributed by atoms with E-state index < -0.39 is 13.9 Å². The normalized spacial score (nSPS) is 31.3. The Bertz CT molecular complexity index is 256. The minimum atomic E-state index is -4.39. The molecule has 2 fully saturated rings. The largest absolute Gasteiger partial charge is 0.469 e. The molecule has 0 radical (unpaired) electrons. The van der Waals surface area contributed by atoms with E-state index in [0.717, 1.165) is 13.0 Å². The molecule has 2 N–H and O–H groups in total. The van der Waals surface area contributed by atoms with Crippen LogP contribution in [-0.2, 0) is 18.6 Å². The zero-order valence-corrected chi connectivity index (χ0v) is 9.14. The number of hydrogen-bond donors (Lipinski definition) is 2. The van der Waals surface area contributed by atoms with Gasteiger partial charge < -0.3 is 19.3 Å². The molecule has 2 saturated heterocycles. The number of epoxide rings is 2. The van der Waals surface area contributed by atoms with Gasteiger partial charge in [-0.1, -0.05) is 0 Å². The van der Waals surface area contributed by atoms with E-state index >= 15 is 0 Å². The van der Waals surface area contributed by atoms with Crippen LogP contribution in [0.4, 0.5) is 0 Å². The van der Waals surface area contributed by atoms with Gasteiger partial charge in [-0.15, -0.1) is 0 Å². The molecular formula is C8H15O6P. The molecule has 6 nitrogen and oxygen atoms in total. The summed E-state index contributed by atoms with van der Waals surface area (Å²) in [5, 5.41) is 0. The van der Waals surface area contributed by atoms with Gasteiger partial charge in [-0.2, -0.15) is 0 Å². The molecule has 2 aliphatic heterocycles. The average Bonchev–Trinajstić information content (AvgIpc) is 2.93. The van der Waals surface area contributed by atoms with Gasteiger partial charge in [0.2, 0.25) is 0 Å². The monoisotopic (exact) mass is 238 g/mol. The summed E-state index contributed by atoms with van der Waals surface area (Å²) in [6, 6.07) is 0.